The molecule has 200 valence electrons. The van der Waals surface area contributed by atoms with Crippen molar-refractivity contribution >= 4 is 16.8 Å². The highest BCUT2D eigenvalue weighted by molar-refractivity contribution is 5.97. The van der Waals surface area contributed by atoms with Gasteiger partial charge in [-0.25, -0.2) is 4.98 Å². The van der Waals surface area contributed by atoms with Crippen LogP contribution < -0.4 is 4.74 Å². The zero-order valence-corrected chi connectivity index (χ0v) is 23.0. The minimum Gasteiger partial charge on any atom is -0.498 e. The molecule has 2 aromatic carbocycles. The van der Waals surface area contributed by atoms with Crippen molar-refractivity contribution in [3.8, 4) is 17.1 Å². The minimum atomic E-state index is -0.0505. The molecule has 1 saturated carbocycles. The van der Waals surface area contributed by atoms with Crippen LogP contribution in [0.3, 0.4) is 0 Å². The molecule has 0 bridgehead atoms. The number of allylic oxidation sites excluding steroid dienone is 1. The molecule has 1 unspecified atom stereocenters. The van der Waals surface area contributed by atoms with Crippen molar-refractivity contribution in [1.82, 2.24) is 9.55 Å². The molecule has 5 heteroatoms. The van der Waals surface area contributed by atoms with Crippen molar-refractivity contribution in [2.24, 2.45) is 5.92 Å². The third kappa shape index (κ3) is 6.20. The fourth-order valence-corrected chi connectivity index (χ4v) is 5.48. The first-order chi connectivity index (χ1) is 18.5. The number of imidazole rings is 1. The first-order valence-corrected chi connectivity index (χ1v) is 14.3. The van der Waals surface area contributed by atoms with E-state index in [4.69, 9.17) is 14.5 Å². The largest absolute Gasteiger partial charge is 0.498 e. The summed E-state index contributed by atoms with van der Waals surface area (Å²) in [5.74, 6) is 3.50. The second kappa shape index (κ2) is 12.0. The molecule has 0 saturated heterocycles. The number of fused-ring (bicyclic) bond motifs is 1. The standard InChI is InChI=1S/C33H40N2O3/c1-23(2)19-20-37-29-11-7-8-12-30(22-29)38-28-16-13-25(14-17-28)33-34-31-21-26(24(3)36)15-18-32(31)35(33)27-9-5-4-6-10-27/h7-8,13-18,21-23,27,30H,4-6,9-12,19-20H2,1-3H3. The molecular formula is C33H40N2O3. The Kier molecular flexibility index (Phi) is 8.31. The summed E-state index contributed by atoms with van der Waals surface area (Å²) in [6.45, 7) is 6.79. The van der Waals surface area contributed by atoms with Crippen molar-refractivity contribution in [2.75, 3.05) is 6.61 Å². The van der Waals surface area contributed by atoms with E-state index in [1.807, 2.05) is 24.3 Å². The Labute approximate surface area is 226 Å². The van der Waals surface area contributed by atoms with Crippen LogP contribution >= 0.6 is 0 Å². The van der Waals surface area contributed by atoms with Gasteiger partial charge in [0.25, 0.3) is 0 Å². The SMILES string of the molecule is CC(=O)c1ccc2c(c1)nc(-c1ccc(OC3C=C(OCCC(C)C)CC=CC3)cc1)n2C1CCCCC1. The van der Waals surface area contributed by atoms with Crippen molar-refractivity contribution < 1.29 is 14.3 Å². The summed E-state index contributed by atoms with van der Waals surface area (Å²) in [6.07, 6.45) is 15.2. The summed E-state index contributed by atoms with van der Waals surface area (Å²) >= 11 is 0. The molecule has 0 spiro atoms. The maximum Gasteiger partial charge on any atom is 0.159 e. The first kappa shape index (κ1) is 26.3. The molecule has 1 heterocycles. The molecule has 5 nitrogen and oxygen atoms in total. The zero-order valence-electron chi connectivity index (χ0n) is 23.0. The fraction of sp³-hybridized carbons (Fsp3) is 0.455. The third-order valence-electron chi connectivity index (χ3n) is 7.64. The number of ketones is 1. The molecule has 5 rings (SSSR count). The Morgan fingerprint density at radius 3 is 2.58 bits per heavy atom. The number of hydrogen-bond acceptors (Lipinski definition) is 4. The van der Waals surface area contributed by atoms with Gasteiger partial charge < -0.3 is 14.0 Å². The van der Waals surface area contributed by atoms with Crippen LogP contribution in [0, 0.1) is 5.92 Å². The summed E-state index contributed by atoms with van der Waals surface area (Å²) in [5.41, 5.74) is 3.77. The van der Waals surface area contributed by atoms with Crippen LogP contribution in [-0.2, 0) is 4.74 Å². The highest BCUT2D eigenvalue weighted by atomic mass is 16.5. The molecule has 0 radical (unpaired) electrons. The molecule has 0 amide bonds. The monoisotopic (exact) mass is 512 g/mol. The lowest BCUT2D eigenvalue weighted by Gasteiger charge is -2.25. The van der Waals surface area contributed by atoms with Gasteiger partial charge in [0, 0.05) is 30.0 Å². The summed E-state index contributed by atoms with van der Waals surface area (Å²) < 4.78 is 14.8. The zero-order chi connectivity index (χ0) is 26.5. The Morgan fingerprint density at radius 2 is 1.84 bits per heavy atom. The lowest BCUT2D eigenvalue weighted by atomic mass is 9.94. The van der Waals surface area contributed by atoms with E-state index in [2.05, 4.69) is 54.8 Å². The van der Waals surface area contributed by atoms with Crippen molar-refractivity contribution in [2.45, 2.75) is 84.3 Å². The molecule has 3 aromatic rings. The quantitative estimate of drug-likeness (QED) is 0.213. The van der Waals surface area contributed by atoms with E-state index >= 15 is 0 Å². The second-order valence-corrected chi connectivity index (χ2v) is 11.1. The number of Topliss-reactive ketones (excluding diaryl/α,β-unsaturated/α-hetero) is 1. The van der Waals surface area contributed by atoms with E-state index in [-0.39, 0.29) is 11.9 Å². The van der Waals surface area contributed by atoms with Gasteiger partial charge in [-0.3, -0.25) is 4.79 Å². The summed E-state index contributed by atoms with van der Waals surface area (Å²) in [6, 6.07) is 14.7. The van der Waals surface area contributed by atoms with Crippen LogP contribution in [0.5, 0.6) is 5.75 Å². The van der Waals surface area contributed by atoms with Gasteiger partial charge in [0.05, 0.1) is 23.4 Å². The topological polar surface area (TPSA) is 53.4 Å². The van der Waals surface area contributed by atoms with Crippen molar-refractivity contribution in [3.63, 3.8) is 0 Å². The lowest BCUT2D eigenvalue weighted by Crippen LogP contribution is -2.14. The van der Waals surface area contributed by atoms with Crippen LogP contribution in [0.4, 0.5) is 0 Å². The maximum atomic E-state index is 12.0. The van der Waals surface area contributed by atoms with E-state index in [0.717, 1.165) is 72.6 Å². The van der Waals surface area contributed by atoms with Gasteiger partial charge >= 0.3 is 0 Å². The van der Waals surface area contributed by atoms with Crippen molar-refractivity contribution in [1.29, 1.82) is 0 Å². The van der Waals surface area contributed by atoms with Gasteiger partial charge in [0.15, 0.2) is 5.78 Å². The molecule has 1 atom stereocenters. The average molecular weight is 513 g/mol. The Hall–Kier alpha value is -3.34. The maximum absolute atomic E-state index is 12.0. The van der Waals surface area contributed by atoms with Crippen LogP contribution in [-0.4, -0.2) is 28.0 Å². The van der Waals surface area contributed by atoms with Crippen molar-refractivity contribution in [3.05, 3.63) is 72.0 Å². The molecule has 38 heavy (non-hydrogen) atoms. The summed E-state index contributed by atoms with van der Waals surface area (Å²) in [7, 11) is 0. The normalized spacial score (nSPS) is 18.4. The summed E-state index contributed by atoms with van der Waals surface area (Å²) in [4.78, 5) is 17.1. The number of carbonyl (C=O) groups is 1. The second-order valence-electron chi connectivity index (χ2n) is 11.1. The predicted molar refractivity (Wildman–Crippen MR) is 154 cm³/mol. The van der Waals surface area contributed by atoms with Gasteiger partial charge in [-0.1, -0.05) is 45.3 Å². The minimum absolute atomic E-state index is 0.0505. The average Bonchev–Trinajstić information content (AvgIpc) is 3.16. The molecule has 1 aromatic heterocycles. The number of carbonyl (C=O) groups excluding carboxylic acids is 1. The highest BCUT2D eigenvalue weighted by Gasteiger charge is 2.23. The highest BCUT2D eigenvalue weighted by Crippen LogP contribution is 2.36. The van der Waals surface area contributed by atoms with Crippen LogP contribution in [0.2, 0.25) is 0 Å². The first-order valence-electron chi connectivity index (χ1n) is 14.3. The van der Waals surface area contributed by atoms with Gasteiger partial charge in [-0.15, -0.1) is 0 Å². The van der Waals surface area contributed by atoms with Crippen LogP contribution in [0.15, 0.2) is 66.5 Å². The fourth-order valence-electron chi connectivity index (χ4n) is 5.48. The van der Waals surface area contributed by atoms with Gasteiger partial charge in [-0.2, -0.15) is 0 Å². The molecular weight excluding hydrogens is 472 g/mol. The van der Waals surface area contributed by atoms with E-state index in [9.17, 15) is 4.79 Å². The number of benzene rings is 2. The number of aromatic nitrogens is 2. The Bertz CT molecular complexity index is 1310. The Balaban J connectivity index is 1.38. The van der Waals surface area contributed by atoms with Gasteiger partial charge in [0.2, 0.25) is 0 Å². The van der Waals surface area contributed by atoms with E-state index in [1.165, 1.54) is 19.3 Å². The molecule has 2 aliphatic rings. The van der Waals surface area contributed by atoms with E-state index < -0.39 is 0 Å². The molecule has 1 fully saturated rings. The van der Waals surface area contributed by atoms with Crippen LogP contribution in [0.25, 0.3) is 22.4 Å². The number of ether oxygens (including phenoxy) is 2. The third-order valence-corrected chi connectivity index (χ3v) is 7.64. The summed E-state index contributed by atoms with van der Waals surface area (Å²) in [5, 5.41) is 0. The lowest BCUT2D eigenvalue weighted by molar-refractivity contribution is 0.101. The smallest absolute Gasteiger partial charge is 0.159 e. The number of hydrogen-bond donors (Lipinski definition) is 0. The van der Waals surface area contributed by atoms with E-state index in [1.54, 1.807) is 6.92 Å². The predicted octanol–water partition coefficient (Wildman–Crippen LogP) is 8.46. The van der Waals surface area contributed by atoms with Gasteiger partial charge in [-0.05, 0) is 80.6 Å². The van der Waals surface area contributed by atoms with Crippen LogP contribution in [0.1, 0.15) is 88.5 Å². The molecule has 0 aliphatic heterocycles. The van der Waals surface area contributed by atoms with E-state index in [0.29, 0.717) is 17.5 Å². The van der Waals surface area contributed by atoms with Gasteiger partial charge in [0.1, 0.15) is 17.7 Å². The number of rotatable bonds is 9. The number of nitrogens with zero attached hydrogens (tertiary/aromatic N) is 2. The molecule has 2 aliphatic carbocycles. The molecule has 0 N–H and O–H groups in total. The Morgan fingerprint density at radius 1 is 1.05 bits per heavy atom.